The number of nitrogens with zero attached hydrogens (tertiary/aromatic N) is 2. The van der Waals surface area contributed by atoms with Gasteiger partial charge in [0.2, 0.25) is 5.88 Å². The molecule has 1 heterocycles. The average Bonchev–Trinajstić information content (AvgIpc) is 2.42. The van der Waals surface area contributed by atoms with E-state index in [1.54, 1.807) is 6.07 Å². The van der Waals surface area contributed by atoms with Gasteiger partial charge in [0.1, 0.15) is 5.02 Å². The topological polar surface area (TPSA) is 74.5 Å². The molecule has 0 unspecified atom stereocenters. The molecule has 0 atom stereocenters. The van der Waals surface area contributed by atoms with Crippen molar-refractivity contribution in [3.8, 4) is 17.4 Å². The van der Waals surface area contributed by atoms with Crippen LogP contribution in [0.4, 0.5) is 5.69 Å². The maximum atomic E-state index is 10.7. The summed E-state index contributed by atoms with van der Waals surface area (Å²) in [5.74, 6) is 0.692. The van der Waals surface area contributed by atoms with E-state index < -0.39 is 4.92 Å². The number of halogens is 2. The van der Waals surface area contributed by atoms with E-state index in [2.05, 4.69) is 20.9 Å². The fraction of sp³-hybridized carbons (Fsp3) is 0.0833. The summed E-state index contributed by atoms with van der Waals surface area (Å²) in [6.07, 6.45) is 1.53. The Morgan fingerprint density at radius 1 is 1.35 bits per heavy atom. The van der Waals surface area contributed by atoms with Crippen LogP contribution in [0.1, 0.15) is 0 Å². The van der Waals surface area contributed by atoms with Crippen LogP contribution >= 0.6 is 27.5 Å². The number of benzene rings is 1. The van der Waals surface area contributed by atoms with E-state index in [-0.39, 0.29) is 23.1 Å². The molecule has 0 fully saturated rings. The first-order valence-electron chi connectivity index (χ1n) is 5.32. The second kappa shape index (κ2) is 6.06. The van der Waals surface area contributed by atoms with Gasteiger partial charge in [-0.3, -0.25) is 10.1 Å². The van der Waals surface area contributed by atoms with Gasteiger partial charge in [-0.1, -0.05) is 11.6 Å². The lowest BCUT2D eigenvalue weighted by molar-refractivity contribution is -0.384. The summed E-state index contributed by atoms with van der Waals surface area (Å²) < 4.78 is 11.3. The van der Waals surface area contributed by atoms with E-state index in [0.717, 1.165) is 0 Å². The van der Waals surface area contributed by atoms with Crippen molar-refractivity contribution in [2.45, 2.75) is 0 Å². The summed E-state index contributed by atoms with van der Waals surface area (Å²) >= 11 is 9.22. The summed E-state index contributed by atoms with van der Waals surface area (Å²) in [6.45, 7) is 0. The molecule has 104 valence electrons. The van der Waals surface area contributed by atoms with Crippen LogP contribution in [-0.2, 0) is 0 Å². The van der Waals surface area contributed by atoms with E-state index in [1.807, 2.05) is 0 Å². The molecule has 1 aromatic carbocycles. The highest BCUT2D eigenvalue weighted by Gasteiger charge is 2.14. The fourth-order valence-electron chi connectivity index (χ4n) is 1.44. The highest BCUT2D eigenvalue weighted by Crippen LogP contribution is 2.36. The fourth-order valence-corrected chi connectivity index (χ4v) is 2.10. The van der Waals surface area contributed by atoms with Crippen LogP contribution in [-0.4, -0.2) is 17.0 Å². The first-order chi connectivity index (χ1) is 9.51. The number of methoxy groups -OCH3 is 1. The van der Waals surface area contributed by atoms with Crippen LogP contribution < -0.4 is 9.47 Å². The Morgan fingerprint density at radius 2 is 2.10 bits per heavy atom. The highest BCUT2D eigenvalue weighted by molar-refractivity contribution is 9.10. The van der Waals surface area contributed by atoms with Crippen LogP contribution in [0.2, 0.25) is 5.02 Å². The van der Waals surface area contributed by atoms with Crippen molar-refractivity contribution >= 4 is 33.2 Å². The Kier molecular flexibility index (Phi) is 4.41. The molecule has 0 amide bonds. The van der Waals surface area contributed by atoms with Crippen LogP contribution in [0, 0.1) is 10.1 Å². The lowest BCUT2D eigenvalue weighted by atomic mass is 10.3. The first kappa shape index (κ1) is 14.5. The minimum absolute atomic E-state index is 0.0935. The van der Waals surface area contributed by atoms with Gasteiger partial charge in [0.15, 0.2) is 11.5 Å². The number of nitro benzene ring substituents is 1. The molecule has 0 saturated heterocycles. The Balaban J connectivity index is 2.35. The number of nitro groups is 1. The Morgan fingerprint density at radius 3 is 2.70 bits per heavy atom. The molecule has 0 N–H and O–H groups in total. The van der Waals surface area contributed by atoms with Gasteiger partial charge < -0.3 is 9.47 Å². The highest BCUT2D eigenvalue weighted by atomic mass is 79.9. The van der Waals surface area contributed by atoms with Crippen molar-refractivity contribution in [2.75, 3.05) is 7.11 Å². The molecule has 0 aliphatic rings. The summed E-state index contributed by atoms with van der Waals surface area (Å²) in [5.41, 5.74) is -0.0935. The molecule has 0 saturated carbocycles. The van der Waals surface area contributed by atoms with E-state index in [1.165, 1.54) is 31.5 Å². The smallest absolute Gasteiger partial charge is 0.273 e. The van der Waals surface area contributed by atoms with Crippen molar-refractivity contribution in [1.82, 2.24) is 4.98 Å². The summed E-state index contributed by atoms with van der Waals surface area (Å²) in [5, 5.41) is 11.0. The van der Waals surface area contributed by atoms with Crippen LogP contribution in [0.15, 0.2) is 34.9 Å². The number of aromatic nitrogens is 1. The summed E-state index contributed by atoms with van der Waals surface area (Å²) in [4.78, 5) is 14.2. The SMILES string of the molecule is COc1cc([N+](=O)[O-])ccc1Oc1ncc(Br)cc1Cl. The first-order valence-corrected chi connectivity index (χ1v) is 6.49. The molecule has 0 spiro atoms. The molecule has 0 aliphatic carbocycles. The maximum absolute atomic E-state index is 10.7. The molecule has 20 heavy (non-hydrogen) atoms. The zero-order valence-electron chi connectivity index (χ0n) is 10.2. The molecular formula is C12H8BrClN2O4. The summed E-state index contributed by atoms with van der Waals surface area (Å²) in [7, 11) is 1.39. The van der Waals surface area contributed by atoms with Crippen molar-refractivity contribution < 1.29 is 14.4 Å². The number of hydrogen-bond donors (Lipinski definition) is 0. The zero-order chi connectivity index (χ0) is 14.7. The largest absolute Gasteiger partial charge is 0.493 e. The molecule has 2 aromatic rings. The quantitative estimate of drug-likeness (QED) is 0.604. The number of hydrogen-bond acceptors (Lipinski definition) is 5. The molecular weight excluding hydrogens is 351 g/mol. The van der Waals surface area contributed by atoms with Gasteiger partial charge in [-0.05, 0) is 28.1 Å². The van der Waals surface area contributed by atoms with E-state index >= 15 is 0 Å². The molecule has 0 aliphatic heterocycles. The van der Waals surface area contributed by atoms with Gasteiger partial charge in [0, 0.05) is 16.7 Å². The lowest BCUT2D eigenvalue weighted by Gasteiger charge is -2.10. The van der Waals surface area contributed by atoms with Gasteiger partial charge in [-0.15, -0.1) is 0 Å². The van der Waals surface area contributed by atoms with E-state index in [0.29, 0.717) is 9.50 Å². The molecule has 0 bridgehead atoms. The normalized spacial score (nSPS) is 10.2. The molecule has 2 rings (SSSR count). The van der Waals surface area contributed by atoms with Crippen LogP contribution in [0.3, 0.4) is 0 Å². The van der Waals surface area contributed by atoms with Crippen molar-refractivity contribution in [2.24, 2.45) is 0 Å². The maximum Gasteiger partial charge on any atom is 0.273 e. The van der Waals surface area contributed by atoms with E-state index in [4.69, 9.17) is 21.1 Å². The predicted molar refractivity (Wildman–Crippen MR) is 76.7 cm³/mol. The van der Waals surface area contributed by atoms with Crippen molar-refractivity contribution in [1.29, 1.82) is 0 Å². The van der Waals surface area contributed by atoms with Crippen molar-refractivity contribution in [3.63, 3.8) is 0 Å². The Hall–Kier alpha value is -1.86. The second-order valence-electron chi connectivity index (χ2n) is 3.63. The monoisotopic (exact) mass is 358 g/mol. The Bertz CT molecular complexity index is 666. The molecule has 6 nitrogen and oxygen atoms in total. The minimum Gasteiger partial charge on any atom is -0.493 e. The van der Waals surface area contributed by atoms with Gasteiger partial charge in [0.25, 0.3) is 5.69 Å². The third-order valence-corrected chi connectivity index (χ3v) is 3.04. The van der Waals surface area contributed by atoms with Gasteiger partial charge in [0.05, 0.1) is 18.1 Å². The number of rotatable bonds is 4. The second-order valence-corrected chi connectivity index (χ2v) is 4.96. The third-order valence-electron chi connectivity index (χ3n) is 2.34. The standard InChI is InChI=1S/C12H8BrClN2O4/c1-19-11-5-8(16(17)18)2-3-10(11)20-12-9(14)4-7(13)6-15-12/h2-6H,1H3. The number of pyridine rings is 1. The summed E-state index contributed by atoms with van der Waals surface area (Å²) in [6, 6.07) is 5.63. The van der Waals surface area contributed by atoms with Gasteiger partial charge in [-0.25, -0.2) is 4.98 Å². The van der Waals surface area contributed by atoms with Gasteiger partial charge >= 0.3 is 0 Å². The molecule has 0 radical (unpaired) electrons. The molecule has 8 heteroatoms. The number of ether oxygens (including phenoxy) is 2. The van der Waals surface area contributed by atoms with Crippen LogP contribution in [0.25, 0.3) is 0 Å². The lowest BCUT2D eigenvalue weighted by Crippen LogP contribution is -1.95. The number of non-ortho nitro benzene ring substituents is 1. The predicted octanol–water partition coefficient (Wildman–Crippen LogP) is 4.21. The van der Waals surface area contributed by atoms with Gasteiger partial charge in [-0.2, -0.15) is 0 Å². The zero-order valence-corrected chi connectivity index (χ0v) is 12.5. The minimum atomic E-state index is -0.517. The van der Waals surface area contributed by atoms with Crippen molar-refractivity contribution in [3.05, 3.63) is 50.1 Å². The molecule has 1 aromatic heterocycles. The van der Waals surface area contributed by atoms with Crippen LogP contribution in [0.5, 0.6) is 17.4 Å². The third kappa shape index (κ3) is 3.17. The van der Waals surface area contributed by atoms with E-state index in [9.17, 15) is 10.1 Å². The Labute approximate surface area is 127 Å². The average molecular weight is 360 g/mol.